The number of pyridine rings is 1. The highest BCUT2D eigenvalue weighted by Crippen LogP contribution is 2.40. The van der Waals surface area contributed by atoms with Crippen molar-refractivity contribution in [3.63, 3.8) is 0 Å². The summed E-state index contributed by atoms with van der Waals surface area (Å²) in [4.78, 5) is 18.1. The third-order valence-corrected chi connectivity index (χ3v) is 11.1. The quantitative estimate of drug-likeness (QED) is 0.211. The molecule has 6 rings (SSSR count). The maximum absolute atomic E-state index is 13.7. The van der Waals surface area contributed by atoms with Crippen molar-refractivity contribution in [3.8, 4) is 10.6 Å². The second-order valence-electron chi connectivity index (χ2n) is 11.5. The van der Waals surface area contributed by atoms with Crippen LogP contribution in [-0.2, 0) is 9.84 Å². The molecule has 2 aliphatic carbocycles. The third kappa shape index (κ3) is 6.06. The minimum absolute atomic E-state index is 0.0615. The molecule has 3 aromatic heterocycles. The van der Waals surface area contributed by atoms with Gasteiger partial charge in [0.25, 0.3) is 0 Å². The van der Waals surface area contributed by atoms with Gasteiger partial charge in [0.1, 0.15) is 34.1 Å². The number of sulfone groups is 1. The van der Waals surface area contributed by atoms with Crippen LogP contribution in [0.15, 0.2) is 35.4 Å². The topological polar surface area (TPSA) is 150 Å². The number of aliphatic hydroxyl groups is 2. The van der Waals surface area contributed by atoms with Gasteiger partial charge in [-0.1, -0.05) is 0 Å². The summed E-state index contributed by atoms with van der Waals surface area (Å²) in [6.07, 6.45) is 1.31. The first-order valence-corrected chi connectivity index (χ1v) is 16.6. The fraction of sp³-hybridized carbons (Fsp3) is 0.448. The number of hydrogen-bond acceptors (Lipinski definition) is 11. The summed E-state index contributed by atoms with van der Waals surface area (Å²) in [6.45, 7) is 5.80. The van der Waals surface area contributed by atoms with Gasteiger partial charge in [-0.2, -0.15) is 4.98 Å². The molecule has 5 atom stereocenters. The summed E-state index contributed by atoms with van der Waals surface area (Å²) in [5, 5.41) is 29.2. The second-order valence-corrected chi connectivity index (χ2v) is 14.6. The normalized spacial score (nSPS) is 23.0. The van der Waals surface area contributed by atoms with Gasteiger partial charge in [0.2, 0.25) is 5.95 Å². The average molecular weight is 631 g/mol. The Labute approximate surface area is 251 Å². The van der Waals surface area contributed by atoms with Crippen LogP contribution in [0.5, 0.6) is 0 Å². The maximum atomic E-state index is 13.7. The Morgan fingerprint density at radius 2 is 1.77 bits per heavy atom. The monoisotopic (exact) mass is 630 g/mol. The van der Waals surface area contributed by atoms with Crippen molar-refractivity contribution in [2.24, 2.45) is 11.8 Å². The number of fused-ring (bicyclic) bond motifs is 1. The van der Waals surface area contributed by atoms with Crippen molar-refractivity contribution in [3.05, 3.63) is 53.5 Å². The molecule has 0 spiro atoms. The number of nitrogens with one attached hydrogen (secondary N) is 2. The molecule has 0 unspecified atom stereocenters. The first-order chi connectivity index (χ1) is 20.4. The van der Waals surface area contributed by atoms with Gasteiger partial charge in [-0.25, -0.2) is 27.2 Å². The Kier molecular flexibility index (Phi) is 7.82. The molecule has 4 aromatic rings. The number of aliphatic hydroxyl groups excluding tert-OH is 2. The van der Waals surface area contributed by atoms with Crippen LogP contribution < -0.4 is 10.6 Å². The van der Waals surface area contributed by atoms with Crippen LogP contribution in [0.3, 0.4) is 0 Å². The van der Waals surface area contributed by atoms with E-state index in [0.717, 1.165) is 40.9 Å². The second kappa shape index (κ2) is 11.3. The van der Waals surface area contributed by atoms with Crippen molar-refractivity contribution in [1.82, 2.24) is 19.9 Å². The lowest BCUT2D eigenvalue weighted by atomic mass is 10.1. The van der Waals surface area contributed by atoms with Crippen molar-refractivity contribution < 1.29 is 27.4 Å². The van der Waals surface area contributed by atoms with Crippen molar-refractivity contribution >= 4 is 43.2 Å². The molecule has 0 bridgehead atoms. The number of halogens is 2. The Morgan fingerprint density at radius 3 is 2.44 bits per heavy atom. The fourth-order valence-corrected chi connectivity index (χ4v) is 8.48. The summed E-state index contributed by atoms with van der Waals surface area (Å²) in [7, 11) is -4.17. The molecule has 0 radical (unpaired) electrons. The summed E-state index contributed by atoms with van der Waals surface area (Å²) in [5.41, 5.74) is 2.81. The van der Waals surface area contributed by atoms with E-state index in [1.54, 1.807) is 6.20 Å². The Hall–Kier alpha value is -3.33. The SMILES string of the molecule is Cc1nc(N[C@H](C)C2CC2)nc(N[C@@H]2C[C@H](CS(=O)(=O)c3cc(F)cc(F)c3)[C@@H](O)[C@H]2O)c1-c1nc2c(C)nccc2s1. The molecule has 0 amide bonds. The number of nitrogens with zero attached hydrogens (tertiary/aromatic N) is 4. The minimum Gasteiger partial charge on any atom is -0.390 e. The van der Waals surface area contributed by atoms with E-state index in [-0.39, 0.29) is 12.5 Å². The number of hydrogen-bond donors (Lipinski definition) is 4. The van der Waals surface area contributed by atoms with E-state index in [1.807, 2.05) is 19.9 Å². The molecule has 2 saturated carbocycles. The average Bonchev–Trinajstić information content (AvgIpc) is 3.65. The number of thiazole rings is 1. The fourth-order valence-electron chi connectivity index (χ4n) is 5.70. The van der Waals surface area contributed by atoms with Crippen molar-refractivity contribution in [2.75, 3.05) is 16.4 Å². The third-order valence-electron chi connectivity index (χ3n) is 8.23. The summed E-state index contributed by atoms with van der Waals surface area (Å²) in [6, 6.07) is 3.34. The van der Waals surface area contributed by atoms with E-state index >= 15 is 0 Å². The number of rotatable bonds is 9. The van der Waals surface area contributed by atoms with E-state index in [0.29, 0.717) is 40.0 Å². The van der Waals surface area contributed by atoms with Crippen LogP contribution in [-0.4, -0.2) is 68.6 Å². The van der Waals surface area contributed by atoms with Gasteiger partial charge in [-0.3, -0.25) is 4.98 Å². The molecule has 3 heterocycles. The maximum Gasteiger partial charge on any atom is 0.225 e. The lowest BCUT2D eigenvalue weighted by Gasteiger charge is -2.22. The molecule has 228 valence electrons. The molecule has 2 aliphatic rings. The van der Waals surface area contributed by atoms with Crippen LogP contribution in [0, 0.1) is 37.3 Å². The Morgan fingerprint density at radius 1 is 1.05 bits per heavy atom. The Bertz CT molecular complexity index is 1780. The smallest absolute Gasteiger partial charge is 0.225 e. The molecule has 10 nitrogen and oxygen atoms in total. The number of aryl methyl sites for hydroxylation is 2. The predicted octanol–water partition coefficient (Wildman–Crippen LogP) is 4.25. The van der Waals surface area contributed by atoms with Crippen LogP contribution in [0.2, 0.25) is 0 Å². The first-order valence-electron chi connectivity index (χ1n) is 14.1. The van der Waals surface area contributed by atoms with Gasteiger partial charge >= 0.3 is 0 Å². The molecule has 14 heteroatoms. The lowest BCUT2D eigenvalue weighted by Crippen LogP contribution is -2.36. The van der Waals surface area contributed by atoms with Crippen molar-refractivity contribution in [2.45, 2.75) is 69.2 Å². The summed E-state index contributed by atoms with van der Waals surface area (Å²) >= 11 is 1.45. The van der Waals surface area contributed by atoms with E-state index < -0.39 is 56.3 Å². The van der Waals surface area contributed by atoms with Crippen LogP contribution in [0.25, 0.3) is 20.8 Å². The molecular weight excluding hydrogens is 598 g/mol. The van der Waals surface area contributed by atoms with E-state index in [4.69, 9.17) is 15.0 Å². The van der Waals surface area contributed by atoms with Gasteiger partial charge in [-0.15, -0.1) is 11.3 Å². The van der Waals surface area contributed by atoms with E-state index in [2.05, 4.69) is 22.5 Å². The highest BCUT2D eigenvalue weighted by atomic mass is 32.2. The van der Waals surface area contributed by atoms with Gasteiger partial charge in [-0.05, 0) is 64.2 Å². The summed E-state index contributed by atoms with van der Waals surface area (Å²) in [5.74, 6) is -2.20. The standard InChI is InChI=1S/C29H32F2N6O4S2/c1-13(16-4-5-16)33-29-34-14(2)23(28-36-24-15(3)32-7-6-22(24)42-28)27(37-29)35-21-8-17(25(38)26(21)39)12-43(40,41)20-10-18(30)9-19(31)11-20/h6-7,9-11,13,16-17,21,25-26,38-39H,4-5,8,12H2,1-3H3,(H2,33,34,35,37)/t13-,17-,21-,25-,26+/m1/s1. The summed E-state index contributed by atoms with van der Waals surface area (Å²) < 4.78 is 54.5. The zero-order valence-electron chi connectivity index (χ0n) is 23.8. The number of aromatic nitrogens is 4. The van der Waals surface area contributed by atoms with Gasteiger partial charge in [0.05, 0.1) is 44.4 Å². The lowest BCUT2D eigenvalue weighted by molar-refractivity contribution is 0.0216. The minimum atomic E-state index is -4.17. The molecule has 0 saturated heterocycles. The highest BCUT2D eigenvalue weighted by molar-refractivity contribution is 7.91. The Balaban J connectivity index is 1.32. The molecule has 4 N–H and O–H groups in total. The zero-order valence-corrected chi connectivity index (χ0v) is 25.4. The molecular formula is C29H32F2N6O4S2. The van der Waals surface area contributed by atoms with Crippen molar-refractivity contribution in [1.29, 1.82) is 0 Å². The largest absolute Gasteiger partial charge is 0.390 e. The molecule has 2 fully saturated rings. The number of anilines is 2. The molecule has 0 aliphatic heterocycles. The van der Waals surface area contributed by atoms with Crippen LogP contribution >= 0.6 is 11.3 Å². The predicted molar refractivity (Wildman–Crippen MR) is 160 cm³/mol. The van der Waals surface area contributed by atoms with Gasteiger partial charge < -0.3 is 20.8 Å². The molecule has 1 aromatic carbocycles. The molecule has 43 heavy (non-hydrogen) atoms. The number of benzene rings is 1. The zero-order chi connectivity index (χ0) is 30.6. The van der Waals surface area contributed by atoms with Crippen LogP contribution in [0.4, 0.5) is 20.5 Å². The first kappa shape index (κ1) is 29.7. The van der Waals surface area contributed by atoms with Gasteiger partial charge in [0, 0.05) is 24.2 Å². The highest BCUT2D eigenvalue weighted by Gasteiger charge is 2.44. The van der Waals surface area contributed by atoms with Gasteiger partial charge in [0.15, 0.2) is 9.84 Å². The van der Waals surface area contributed by atoms with E-state index in [9.17, 15) is 27.4 Å². The van der Waals surface area contributed by atoms with E-state index in [1.165, 1.54) is 11.3 Å². The van der Waals surface area contributed by atoms with Crippen LogP contribution in [0.1, 0.15) is 37.6 Å².